The van der Waals surface area contributed by atoms with E-state index < -0.39 is 9.89 Å². The Hall–Kier alpha value is -0.350. The Kier molecular flexibility index (Phi) is 7.36. The second-order valence-electron chi connectivity index (χ2n) is 6.16. The molecule has 0 spiro atoms. The van der Waals surface area contributed by atoms with Gasteiger partial charge in [-0.3, -0.25) is 0 Å². The summed E-state index contributed by atoms with van der Waals surface area (Å²) in [6.07, 6.45) is 3.49. The molecule has 1 saturated carbocycles. The first kappa shape index (κ1) is 20.0. The van der Waals surface area contributed by atoms with E-state index in [4.69, 9.17) is 51.1 Å². The first-order chi connectivity index (χ1) is 11.3. The van der Waals surface area contributed by atoms with Gasteiger partial charge in [0.05, 0.1) is 0 Å². The zero-order valence-electron chi connectivity index (χ0n) is 13.5. The average Bonchev–Trinajstić information content (AvgIpc) is 2.58. The predicted molar refractivity (Wildman–Crippen MR) is 100 cm³/mol. The fourth-order valence-electron chi connectivity index (χ4n) is 3.07. The number of carbonyl (C=O) groups is 1. The van der Waals surface area contributed by atoms with Gasteiger partial charge in [-0.15, -0.1) is 11.6 Å². The molecule has 1 aromatic carbocycles. The smallest absolute Gasteiger partial charge is 0.409 e. The van der Waals surface area contributed by atoms with Gasteiger partial charge in [0.1, 0.15) is 6.61 Å². The van der Waals surface area contributed by atoms with Gasteiger partial charge in [-0.25, -0.2) is 4.79 Å². The minimum Gasteiger partial charge on any atom is -0.445 e. The van der Waals surface area contributed by atoms with Crippen molar-refractivity contribution >= 4 is 52.5 Å². The molecule has 0 aliphatic heterocycles. The van der Waals surface area contributed by atoms with E-state index in [1.54, 1.807) is 11.9 Å². The lowest BCUT2D eigenvalue weighted by molar-refractivity contribution is 0.0889. The van der Waals surface area contributed by atoms with Crippen molar-refractivity contribution in [3.05, 3.63) is 35.4 Å². The van der Waals surface area contributed by atoms with Crippen LogP contribution in [0.1, 0.15) is 42.7 Å². The Labute approximate surface area is 163 Å². The monoisotopic (exact) mass is 411 g/mol. The molecular formula is C17H21Cl4NO2. The highest BCUT2D eigenvalue weighted by molar-refractivity contribution is 6.67. The Morgan fingerprint density at radius 2 is 1.75 bits per heavy atom. The van der Waals surface area contributed by atoms with Gasteiger partial charge >= 0.3 is 6.09 Å². The number of hydrogen-bond acceptors (Lipinski definition) is 2. The predicted octanol–water partition coefficient (Wildman–Crippen LogP) is 5.89. The summed E-state index contributed by atoms with van der Waals surface area (Å²) in [6, 6.07) is 8.62. The maximum Gasteiger partial charge on any atom is 0.409 e. The Bertz CT molecular complexity index is 537. The van der Waals surface area contributed by atoms with Gasteiger partial charge in [0.15, 0.2) is 0 Å². The highest BCUT2D eigenvalue weighted by Crippen LogP contribution is 2.35. The van der Waals surface area contributed by atoms with E-state index in [1.165, 1.54) is 5.56 Å². The number of alkyl halides is 4. The van der Waals surface area contributed by atoms with Gasteiger partial charge in [0, 0.05) is 19.0 Å². The van der Waals surface area contributed by atoms with E-state index >= 15 is 0 Å². The zero-order chi connectivity index (χ0) is 17.7. The van der Waals surface area contributed by atoms with Crippen LogP contribution >= 0.6 is 46.4 Å². The lowest BCUT2D eigenvalue weighted by Crippen LogP contribution is -2.40. The molecule has 1 aliphatic carbocycles. The third-order valence-corrected chi connectivity index (χ3v) is 5.13. The van der Waals surface area contributed by atoms with Crippen LogP contribution < -0.4 is 0 Å². The van der Waals surface area contributed by atoms with Crippen LogP contribution in [0.3, 0.4) is 0 Å². The number of rotatable bonds is 4. The zero-order valence-corrected chi connectivity index (χ0v) is 16.5. The van der Waals surface area contributed by atoms with Crippen LogP contribution in [0.5, 0.6) is 0 Å². The van der Waals surface area contributed by atoms with E-state index in [-0.39, 0.29) is 12.6 Å². The van der Waals surface area contributed by atoms with Crippen LogP contribution in [0, 0.1) is 0 Å². The van der Waals surface area contributed by atoms with Crippen LogP contribution in [0.4, 0.5) is 4.79 Å². The largest absolute Gasteiger partial charge is 0.445 e. The summed E-state index contributed by atoms with van der Waals surface area (Å²) in [5.74, 6) is 1.06. The molecule has 0 unspecified atom stereocenters. The standard InChI is InChI=1S/C17H21Cl4NO2/c1-22(16(23)24-11-17(19,20)21)15-8-6-14(7-9-15)13-4-2-12(10-18)3-5-13/h2-5,14-15H,6-11H2,1H3/t14-,15-. The van der Waals surface area contributed by atoms with Crippen molar-refractivity contribution in [2.75, 3.05) is 13.7 Å². The fraction of sp³-hybridized carbons (Fsp3) is 0.588. The molecule has 0 aromatic heterocycles. The van der Waals surface area contributed by atoms with Crippen molar-refractivity contribution in [1.82, 2.24) is 4.90 Å². The first-order valence-corrected chi connectivity index (χ1v) is 9.58. The van der Waals surface area contributed by atoms with Crippen molar-refractivity contribution in [3.63, 3.8) is 0 Å². The Morgan fingerprint density at radius 1 is 1.17 bits per heavy atom. The number of carbonyl (C=O) groups excluding carboxylic acids is 1. The van der Waals surface area contributed by atoms with Gasteiger partial charge in [0.25, 0.3) is 0 Å². The quantitative estimate of drug-likeness (QED) is 0.577. The highest BCUT2D eigenvalue weighted by atomic mass is 35.6. The summed E-state index contributed by atoms with van der Waals surface area (Å²) in [6.45, 7) is -0.247. The topological polar surface area (TPSA) is 29.5 Å². The molecule has 7 heteroatoms. The maximum absolute atomic E-state index is 12.0. The molecule has 0 heterocycles. The summed E-state index contributed by atoms with van der Waals surface area (Å²) in [5, 5.41) is 0. The molecule has 2 rings (SSSR count). The number of nitrogens with zero attached hydrogens (tertiary/aromatic N) is 1. The van der Waals surface area contributed by atoms with Crippen LogP contribution in [0.2, 0.25) is 0 Å². The van der Waals surface area contributed by atoms with Crippen LogP contribution in [0.25, 0.3) is 0 Å². The van der Waals surface area contributed by atoms with Gasteiger partial charge in [-0.05, 0) is 42.7 Å². The average molecular weight is 413 g/mol. The molecule has 1 aromatic rings. The molecule has 0 atom stereocenters. The molecule has 3 nitrogen and oxygen atoms in total. The first-order valence-electron chi connectivity index (χ1n) is 7.91. The third-order valence-electron chi connectivity index (χ3n) is 4.50. The number of amides is 1. The van der Waals surface area contributed by atoms with Crippen LogP contribution in [-0.2, 0) is 10.6 Å². The fourth-order valence-corrected chi connectivity index (χ4v) is 3.41. The van der Waals surface area contributed by atoms with Crippen LogP contribution in [-0.4, -0.2) is 34.5 Å². The van der Waals surface area contributed by atoms with Gasteiger partial charge in [-0.2, -0.15) is 0 Å². The van der Waals surface area contributed by atoms with E-state index in [1.807, 2.05) is 0 Å². The SMILES string of the molecule is CN(C(=O)OCC(Cl)(Cl)Cl)[C@H]1CC[C@H](c2ccc(CCl)cc2)CC1. The second-order valence-corrected chi connectivity index (χ2v) is 8.94. The van der Waals surface area contributed by atoms with Crippen molar-refractivity contribution < 1.29 is 9.53 Å². The van der Waals surface area contributed by atoms with E-state index in [9.17, 15) is 4.79 Å². The number of benzene rings is 1. The third kappa shape index (κ3) is 5.87. The molecule has 0 bridgehead atoms. The minimum atomic E-state index is -1.58. The van der Waals surface area contributed by atoms with Crippen molar-refractivity contribution in [2.24, 2.45) is 0 Å². The van der Waals surface area contributed by atoms with E-state index in [0.29, 0.717) is 11.8 Å². The molecule has 0 radical (unpaired) electrons. The summed E-state index contributed by atoms with van der Waals surface area (Å²) < 4.78 is 3.46. The molecule has 1 aliphatic rings. The molecule has 24 heavy (non-hydrogen) atoms. The molecule has 1 fully saturated rings. The van der Waals surface area contributed by atoms with Gasteiger partial charge < -0.3 is 9.64 Å². The summed E-state index contributed by atoms with van der Waals surface area (Å²) >= 11 is 22.6. The molecule has 1 amide bonds. The van der Waals surface area contributed by atoms with E-state index in [0.717, 1.165) is 31.2 Å². The molecular weight excluding hydrogens is 392 g/mol. The summed E-state index contributed by atoms with van der Waals surface area (Å²) in [5.41, 5.74) is 2.47. The van der Waals surface area contributed by atoms with Gasteiger partial charge in [0.2, 0.25) is 3.79 Å². The Balaban J connectivity index is 1.83. The number of halogens is 4. The molecule has 0 N–H and O–H groups in total. The lowest BCUT2D eigenvalue weighted by Gasteiger charge is -2.34. The molecule has 0 saturated heterocycles. The van der Waals surface area contributed by atoms with Crippen molar-refractivity contribution in [1.29, 1.82) is 0 Å². The normalized spacial score (nSPS) is 21.4. The number of hydrogen-bond donors (Lipinski definition) is 0. The van der Waals surface area contributed by atoms with E-state index in [2.05, 4.69) is 24.3 Å². The van der Waals surface area contributed by atoms with Crippen molar-refractivity contribution in [3.8, 4) is 0 Å². The molecule has 134 valence electrons. The highest BCUT2D eigenvalue weighted by Gasteiger charge is 2.29. The second kappa shape index (κ2) is 8.84. The lowest BCUT2D eigenvalue weighted by atomic mass is 9.81. The van der Waals surface area contributed by atoms with Crippen LogP contribution in [0.15, 0.2) is 24.3 Å². The summed E-state index contributed by atoms with van der Waals surface area (Å²) in [7, 11) is 1.74. The van der Waals surface area contributed by atoms with Gasteiger partial charge in [-0.1, -0.05) is 59.1 Å². The maximum atomic E-state index is 12.0. The Morgan fingerprint density at radius 3 is 2.25 bits per heavy atom. The number of ether oxygens (including phenoxy) is 1. The summed E-state index contributed by atoms with van der Waals surface area (Å²) in [4.78, 5) is 13.6. The van der Waals surface area contributed by atoms with Crippen molar-refractivity contribution in [2.45, 2.75) is 47.3 Å². The minimum absolute atomic E-state index is 0.159.